The van der Waals surface area contributed by atoms with Crippen LogP contribution in [0, 0.1) is 0 Å². The summed E-state index contributed by atoms with van der Waals surface area (Å²) in [5, 5.41) is 6.11. The van der Waals surface area contributed by atoms with Crippen LogP contribution >= 0.6 is 23.4 Å². The van der Waals surface area contributed by atoms with Gasteiger partial charge in [-0.1, -0.05) is 23.7 Å². The third kappa shape index (κ3) is 6.46. The average molecular weight is 408 g/mol. The fourth-order valence-electron chi connectivity index (χ4n) is 2.45. The molecule has 0 aliphatic rings. The van der Waals surface area contributed by atoms with Crippen LogP contribution in [0.15, 0.2) is 47.4 Å². The number of carbonyl (C=O) groups excluding carboxylic acids is 2. The summed E-state index contributed by atoms with van der Waals surface area (Å²) in [6.07, 6.45) is 1.95. The number of rotatable bonds is 8. The Morgan fingerprint density at radius 3 is 2.33 bits per heavy atom. The highest BCUT2D eigenvalue weighted by Crippen LogP contribution is 2.27. The number of methoxy groups -OCH3 is 1. The molecule has 2 rings (SSSR count). The van der Waals surface area contributed by atoms with Crippen LogP contribution in [0.1, 0.15) is 0 Å². The second-order valence-electron chi connectivity index (χ2n) is 5.81. The lowest BCUT2D eigenvalue weighted by atomic mass is 10.3. The van der Waals surface area contributed by atoms with E-state index in [1.54, 1.807) is 41.9 Å². The van der Waals surface area contributed by atoms with Crippen LogP contribution in [-0.2, 0) is 9.59 Å². The van der Waals surface area contributed by atoms with Crippen molar-refractivity contribution in [3.8, 4) is 5.75 Å². The van der Waals surface area contributed by atoms with E-state index in [9.17, 15) is 9.59 Å². The number of hydrogen-bond donors (Lipinski definition) is 2. The summed E-state index contributed by atoms with van der Waals surface area (Å²) in [5.41, 5.74) is 1.25. The lowest BCUT2D eigenvalue weighted by Crippen LogP contribution is -2.36. The van der Waals surface area contributed by atoms with Crippen molar-refractivity contribution in [2.75, 3.05) is 44.1 Å². The number of hydrogen-bond acceptors (Lipinski definition) is 5. The minimum Gasteiger partial charge on any atom is -0.495 e. The molecule has 2 N–H and O–H groups in total. The first kappa shape index (κ1) is 21.1. The molecule has 2 amide bonds. The van der Waals surface area contributed by atoms with E-state index in [1.807, 2.05) is 30.5 Å². The van der Waals surface area contributed by atoms with Gasteiger partial charge in [0.15, 0.2) is 0 Å². The Morgan fingerprint density at radius 1 is 1.07 bits per heavy atom. The standard InChI is InChI=1S/C19H22ClN3O3S/c1-23(11-18(24)21-14-6-4-5-7-17(14)27-3)12-19(25)22-15-10-13(20)8-9-16(15)26-2/h4-10H,11-12H2,1-3H3,(H,21,24)(H,22,25). The van der Waals surface area contributed by atoms with E-state index in [2.05, 4.69) is 10.6 Å². The first-order chi connectivity index (χ1) is 12.9. The zero-order valence-corrected chi connectivity index (χ0v) is 17.0. The number of halogens is 1. The monoisotopic (exact) mass is 407 g/mol. The van der Waals surface area contributed by atoms with Crippen molar-refractivity contribution in [1.29, 1.82) is 0 Å². The Kier molecular flexibility index (Phi) is 7.97. The number of thioether (sulfide) groups is 1. The Balaban J connectivity index is 1.89. The predicted molar refractivity (Wildman–Crippen MR) is 111 cm³/mol. The second kappa shape index (κ2) is 10.2. The van der Waals surface area contributed by atoms with E-state index in [0.29, 0.717) is 16.5 Å². The summed E-state index contributed by atoms with van der Waals surface area (Å²) in [4.78, 5) is 27.1. The van der Waals surface area contributed by atoms with E-state index in [4.69, 9.17) is 16.3 Å². The number of likely N-dealkylation sites (N-methyl/N-ethyl adjacent to an activating group) is 1. The van der Waals surface area contributed by atoms with Gasteiger partial charge in [0.1, 0.15) is 5.75 Å². The lowest BCUT2D eigenvalue weighted by Gasteiger charge is -2.17. The van der Waals surface area contributed by atoms with Gasteiger partial charge in [0.05, 0.1) is 31.6 Å². The van der Waals surface area contributed by atoms with Gasteiger partial charge in [-0.25, -0.2) is 0 Å². The van der Waals surface area contributed by atoms with Gasteiger partial charge < -0.3 is 15.4 Å². The zero-order valence-electron chi connectivity index (χ0n) is 15.4. The first-order valence-corrected chi connectivity index (χ1v) is 9.78. The molecule has 0 atom stereocenters. The SMILES string of the molecule is COc1ccc(Cl)cc1NC(=O)CN(C)CC(=O)Nc1ccccc1SC. The fraction of sp³-hybridized carbons (Fsp3) is 0.263. The molecule has 0 aliphatic carbocycles. The molecule has 6 nitrogen and oxygen atoms in total. The number of anilines is 2. The maximum atomic E-state index is 12.3. The number of carbonyl (C=O) groups is 2. The highest BCUT2D eigenvalue weighted by Gasteiger charge is 2.14. The van der Waals surface area contributed by atoms with Gasteiger partial charge in [0, 0.05) is 9.92 Å². The molecular formula is C19H22ClN3O3S. The minimum atomic E-state index is -0.268. The lowest BCUT2D eigenvalue weighted by molar-refractivity contribution is -0.119. The number of para-hydroxylation sites is 1. The van der Waals surface area contributed by atoms with Crippen LogP contribution in [0.5, 0.6) is 5.75 Å². The Morgan fingerprint density at radius 2 is 1.70 bits per heavy atom. The quantitative estimate of drug-likeness (QED) is 0.654. The molecule has 0 aliphatic heterocycles. The summed E-state index contributed by atoms with van der Waals surface area (Å²) < 4.78 is 5.21. The molecule has 27 heavy (non-hydrogen) atoms. The normalized spacial score (nSPS) is 10.6. The number of amides is 2. The molecule has 0 aromatic heterocycles. The van der Waals surface area contributed by atoms with E-state index in [1.165, 1.54) is 7.11 Å². The Hall–Kier alpha value is -2.22. The molecule has 0 bridgehead atoms. The van der Waals surface area contributed by atoms with Crippen LogP contribution in [0.25, 0.3) is 0 Å². The van der Waals surface area contributed by atoms with Crippen molar-refractivity contribution in [2.24, 2.45) is 0 Å². The molecule has 8 heteroatoms. The molecular weight excluding hydrogens is 386 g/mol. The van der Waals surface area contributed by atoms with Crippen LogP contribution < -0.4 is 15.4 Å². The Labute approximate surface area is 168 Å². The number of ether oxygens (including phenoxy) is 1. The van der Waals surface area contributed by atoms with E-state index >= 15 is 0 Å². The first-order valence-electron chi connectivity index (χ1n) is 8.17. The van der Waals surface area contributed by atoms with Gasteiger partial charge >= 0.3 is 0 Å². The van der Waals surface area contributed by atoms with Crippen molar-refractivity contribution in [3.05, 3.63) is 47.5 Å². The highest BCUT2D eigenvalue weighted by atomic mass is 35.5. The maximum absolute atomic E-state index is 12.3. The summed E-state index contributed by atoms with van der Waals surface area (Å²) >= 11 is 7.52. The molecule has 144 valence electrons. The van der Waals surface area contributed by atoms with Crippen LogP contribution in [0.2, 0.25) is 5.02 Å². The molecule has 2 aromatic carbocycles. The summed E-state index contributed by atoms with van der Waals surface area (Å²) in [6.45, 7) is 0.135. The molecule has 0 saturated carbocycles. The molecule has 2 aromatic rings. The molecule has 0 radical (unpaired) electrons. The van der Waals surface area contributed by atoms with Crippen molar-refractivity contribution >= 4 is 46.6 Å². The van der Waals surface area contributed by atoms with Gasteiger partial charge in [0.25, 0.3) is 0 Å². The smallest absolute Gasteiger partial charge is 0.238 e. The summed E-state index contributed by atoms with van der Waals surface area (Å²) in [6, 6.07) is 12.5. The number of benzene rings is 2. The van der Waals surface area contributed by atoms with Crippen molar-refractivity contribution in [1.82, 2.24) is 4.90 Å². The van der Waals surface area contributed by atoms with Crippen molar-refractivity contribution < 1.29 is 14.3 Å². The van der Waals surface area contributed by atoms with Crippen molar-refractivity contribution in [3.63, 3.8) is 0 Å². The third-order valence-electron chi connectivity index (χ3n) is 3.64. The van der Waals surface area contributed by atoms with Gasteiger partial charge in [0.2, 0.25) is 11.8 Å². The fourth-order valence-corrected chi connectivity index (χ4v) is 3.18. The third-order valence-corrected chi connectivity index (χ3v) is 4.67. The maximum Gasteiger partial charge on any atom is 0.238 e. The largest absolute Gasteiger partial charge is 0.495 e. The predicted octanol–water partition coefficient (Wildman–Crippen LogP) is 3.58. The van der Waals surface area contributed by atoms with Gasteiger partial charge in [-0.05, 0) is 43.6 Å². The number of nitrogens with one attached hydrogen (secondary N) is 2. The van der Waals surface area contributed by atoms with Crippen LogP contribution in [-0.4, -0.2) is 50.2 Å². The van der Waals surface area contributed by atoms with E-state index in [-0.39, 0.29) is 24.9 Å². The van der Waals surface area contributed by atoms with E-state index in [0.717, 1.165) is 10.6 Å². The zero-order chi connectivity index (χ0) is 19.8. The topological polar surface area (TPSA) is 70.7 Å². The summed E-state index contributed by atoms with van der Waals surface area (Å²) in [7, 11) is 3.22. The van der Waals surface area contributed by atoms with Gasteiger partial charge in [-0.15, -0.1) is 11.8 Å². The van der Waals surface area contributed by atoms with Crippen LogP contribution in [0.3, 0.4) is 0 Å². The average Bonchev–Trinajstić information content (AvgIpc) is 2.62. The van der Waals surface area contributed by atoms with E-state index < -0.39 is 0 Å². The van der Waals surface area contributed by atoms with Crippen molar-refractivity contribution in [2.45, 2.75) is 4.90 Å². The Bertz CT molecular complexity index is 817. The molecule has 0 saturated heterocycles. The van der Waals surface area contributed by atoms with Gasteiger partial charge in [-0.3, -0.25) is 14.5 Å². The molecule has 0 unspecified atom stereocenters. The molecule has 0 fully saturated rings. The number of nitrogens with zero attached hydrogens (tertiary/aromatic N) is 1. The molecule has 0 spiro atoms. The van der Waals surface area contributed by atoms with Gasteiger partial charge in [-0.2, -0.15) is 0 Å². The molecule has 0 heterocycles. The minimum absolute atomic E-state index is 0.0489. The highest BCUT2D eigenvalue weighted by molar-refractivity contribution is 7.98. The second-order valence-corrected chi connectivity index (χ2v) is 7.10. The summed E-state index contributed by atoms with van der Waals surface area (Å²) in [5.74, 6) is 0.0596. The van der Waals surface area contributed by atoms with Crippen LogP contribution in [0.4, 0.5) is 11.4 Å².